The van der Waals surface area contributed by atoms with E-state index in [2.05, 4.69) is 39.7 Å². The molecule has 3 heterocycles. The number of amides is 1. The third kappa shape index (κ3) is 7.48. The number of hydrogen-bond donors (Lipinski definition) is 0. The van der Waals surface area contributed by atoms with Gasteiger partial charge in [-0.3, -0.25) is 4.90 Å². The first-order chi connectivity index (χ1) is 17.6. The van der Waals surface area contributed by atoms with Crippen LogP contribution < -0.4 is 9.64 Å². The fourth-order valence-corrected chi connectivity index (χ4v) is 4.99. The molecule has 0 aliphatic carbocycles. The van der Waals surface area contributed by atoms with Crippen LogP contribution in [0.2, 0.25) is 5.02 Å². The predicted molar refractivity (Wildman–Crippen MR) is 146 cm³/mol. The van der Waals surface area contributed by atoms with Gasteiger partial charge in [-0.05, 0) is 57.4 Å². The standard InChI is InChI=1S/C28H40ClN5O3/c1-6-21-16-30-26(31-17-21)32-11-9-23(10-12-32)36-25-8-7-22(15-24(25)29)19-33-13-14-34(18-20(33)2)27(35)37-28(3,4)5/h7-8,15-17,20,23H,6,9-14,18-19H2,1-5H3. The predicted octanol–water partition coefficient (Wildman–Crippen LogP) is 5.18. The van der Waals surface area contributed by atoms with E-state index in [1.165, 1.54) is 0 Å². The SMILES string of the molecule is CCc1cnc(N2CCC(Oc3ccc(CN4CCN(C(=O)OC(C)(C)C)CC4C)cc3Cl)CC2)nc1. The van der Waals surface area contributed by atoms with Crippen molar-refractivity contribution >= 4 is 23.6 Å². The Labute approximate surface area is 225 Å². The number of benzene rings is 1. The van der Waals surface area contributed by atoms with E-state index in [0.29, 0.717) is 18.1 Å². The smallest absolute Gasteiger partial charge is 0.410 e. The molecule has 2 aromatic rings. The molecule has 2 aliphatic rings. The highest BCUT2D eigenvalue weighted by Crippen LogP contribution is 2.30. The van der Waals surface area contributed by atoms with Crippen LogP contribution in [0.15, 0.2) is 30.6 Å². The van der Waals surface area contributed by atoms with Gasteiger partial charge in [0.25, 0.3) is 0 Å². The minimum absolute atomic E-state index is 0.121. The van der Waals surface area contributed by atoms with Gasteiger partial charge in [0.2, 0.25) is 5.95 Å². The van der Waals surface area contributed by atoms with Crippen LogP contribution in [0.1, 0.15) is 58.6 Å². The Balaban J connectivity index is 1.26. The van der Waals surface area contributed by atoms with E-state index in [9.17, 15) is 4.79 Å². The molecule has 8 nitrogen and oxygen atoms in total. The molecular formula is C28H40ClN5O3. The molecule has 0 bridgehead atoms. The first-order valence-corrected chi connectivity index (χ1v) is 13.7. The molecule has 1 aromatic carbocycles. The minimum Gasteiger partial charge on any atom is -0.489 e. The van der Waals surface area contributed by atoms with E-state index in [4.69, 9.17) is 21.1 Å². The van der Waals surface area contributed by atoms with Gasteiger partial charge in [-0.1, -0.05) is 24.6 Å². The van der Waals surface area contributed by atoms with Crippen LogP contribution >= 0.6 is 11.6 Å². The van der Waals surface area contributed by atoms with Crippen molar-refractivity contribution in [3.63, 3.8) is 0 Å². The molecule has 0 radical (unpaired) electrons. The third-order valence-corrected chi connectivity index (χ3v) is 7.21. The molecule has 0 N–H and O–H groups in total. The highest BCUT2D eigenvalue weighted by Gasteiger charge is 2.30. The summed E-state index contributed by atoms with van der Waals surface area (Å²) in [6.45, 7) is 14.5. The second-order valence-electron chi connectivity index (χ2n) is 11.1. The third-order valence-electron chi connectivity index (χ3n) is 6.92. The van der Waals surface area contributed by atoms with Gasteiger partial charge in [-0.2, -0.15) is 0 Å². The maximum atomic E-state index is 12.4. The summed E-state index contributed by atoms with van der Waals surface area (Å²) in [5.74, 6) is 1.52. The van der Waals surface area contributed by atoms with Crippen molar-refractivity contribution in [2.45, 2.75) is 78.2 Å². The number of piperazine rings is 1. The second-order valence-corrected chi connectivity index (χ2v) is 11.5. The summed E-state index contributed by atoms with van der Waals surface area (Å²) in [4.78, 5) is 27.8. The van der Waals surface area contributed by atoms with Crippen molar-refractivity contribution in [3.8, 4) is 5.75 Å². The van der Waals surface area contributed by atoms with Crippen molar-refractivity contribution in [3.05, 3.63) is 46.7 Å². The van der Waals surface area contributed by atoms with E-state index < -0.39 is 5.60 Å². The van der Waals surface area contributed by atoms with Gasteiger partial charge in [-0.25, -0.2) is 14.8 Å². The summed E-state index contributed by atoms with van der Waals surface area (Å²) >= 11 is 6.64. The number of anilines is 1. The number of rotatable bonds is 6. The zero-order valence-electron chi connectivity index (χ0n) is 22.7. The zero-order valence-corrected chi connectivity index (χ0v) is 23.5. The van der Waals surface area contributed by atoms with Crippen LogP contribution in [-0.2, 0) is 17.7 Å². The van der Waals surface area contributed by atoms with Crippen LogP contribution in [0.4, 0.5) is 10.7 Å². The summed E-state index contributed by atoms with van der Waals surface area (Å²) in [5, 5.41) is 0.637. The van der Waals surface area contributed by atoms with Crippen molar-refractivity contribution < 1.29 is 14.3 Å². The largest absolute Gasteiger partial charge is 0.489 e. The molecule has 37 heavy (non-hydrogen) atoms. The number of aryl methyl sites for hydroxylation is 1. The molecule has 1 atom stereocenters. The fraction of sp³-hybridized carbons (Fsp3) is 0.607. The number of hydrogen-bond acceptors (Lipinski definition) is 7. The number of halogens is 1. The topological polar surface area (TPSA) is 71.0 Å². The van der Waals surface area contributed by atoms with Crippen molar-refractivity contribution in [2.75, 3.05) is 37.6 Å². The first kappa shape index (κ1) is 27.5. The number of carbonyl (C=O) groups is 1. The first-order valence-electron chi connectivity index (χ1n) is 13.3. The summed E-state index contributed by atoms with van der Waals surface area (Å²) in [6, 6.07) is 6.30. The maximum Gasteiger partial charge on any atom is 0.410 e. The van der Waals surface area contributed by atoms with Crippen molar-refractivity contribution in [1.29, 1.82) is 0 Å². The number of carbonyl (C=O) groups excluding carboxylic acids is 1. The number of aromatic nitrogens is 2. The lowest BCUT2D eigenvalue weighted by molar-refractivity contribution is 0.00460. The molecule has 0 spiro atoms. The Morgan fingerprint density at radius 2 is 1.78 bits per heavy atom. The van der Waals surface area contributed by atoms with E-state index in [1.54, 1.807) is 4.90 Å². The molecule has 9 heteroatoms. The summed E-state index contributed by atoms with van der Waals surface area (Å²) in [5.41, 5.74) is 1.81. The molecule has 4 rings (SSSR count). The Hall–Kier alpha value is -2.58. The average Bonchev–Trinajstić information content (AvgIpc) is 2.86. The monoisotopic (exact) mass is 529 g/mol. The molecular weight excluding hydrogens is 490 g/mol. The van der Waals surface area contributed by atoms with Gasteiger partial charge < -0.3 is 19.3 Å². The summed E-state index contributed by atoms with van der Waals surface area (Å²) in [7, 11) is 0. The average molecular weight is 530 g/mol. The van der Waals surface area contributed by atoms with Crippen LogP contribution in [0.5, 0.6) is 5.75 Å². The molecule has 2 aliphatic heterocycles. The van der Waals surface area contributed by atoms with E-state index in [0.717, 1.165) is 68.3 Å². The molecule has 2 fully saturated rings. The summed E-state index contributed by atoms with van der Waals surface area (Å²) < 4.78 is 11.8. The van der Waals surface area contributed by atoms with Crippen molar-refractivity contribution in [2.24, 2.45) is 0 Å². The highest BCUT2D eigenvalue weighted by atomic mass is 35.5. The number of piperidine rings is 1. The number of ether oxygens (including phenoxy) is 2. The number of nitrogens with zero attached hydrogens (tertiary/aromatic N) is 5. The van der Waals surface area contributed by atoms with Crippen LogP contribution in [0.25, 0.3) is 0 Å². The Kier molecular flexibility index (Phi) is 8.80. The van der Waals surface area contributed by atoms with E-state index in [1.807, 2.05) is 45.3 Å². The van der Waals surface area contributed by atoms with Gasteiger partial charge in [0.05, 0.1) is 5.02 Å². The Morgan fingerprint density at radius 1 is 1.08 bits per heavy atom. The van der Waals surface area contributed by atoms with Crippen LogP contribution in [0, 0.1) is 0 Å². The van der Waals surface area contributed by atoms with Crippen molar-refractivity contribution in [1.82, 2.24) is 19.8 Å². The maximum absolute atomic E-state index is 12.4. The second kappa shape index (κ2) is 11.9. The van der Waals surface area contributed by atoms with Gasteiger partial charge in [0.15, 0.2) is 0 Å². The lowest BCUT2D eigenvalue weighted by atomic mass is 10.1. The molecule has 2 saturated heterocycles. The van der Waals surface area contributed by atoms with Gasteiger partial charge >= 0.3 is 6.09 Å². The molecule has 0 saturated carbocycles. The fourth-order valence-electron chi connectivity index (χ4n) is 4.74. The van der Waals surface area contributed by atoms with E-state index in [-0.39, 0.29) is 18.2 Å². The summed E-state index contributed by atoms with van der Waals surface area (Å²) in [6.07, 6.45) is 6.44. The quantitative estimate of drug-likeness (QED) is 0.510. The Morgan fingerprint density at radius 3 is 2.38 bits per heavy atom. The minimum atomic E-state index is -0.482. The molecule has 1 aromatic heterocycles. The lowest BCUT2D eigenvalue weighted by Crippen LogP contribution is -2.54. The highest BCUT2D eigenvalue weighted by molar-refractivity contribution is 6.32. The molecule has 1 unspecified atom stereocenters. The van der Waals surface area contributed by atoms with E-state index >= 15 is 0 Å². The van der Waals surface area contributed by atoms with Crippen LogP contribution in [0.3, 0.4) is 0 Å². The lowest BCUT2D eigenvalue weighted by Gasteiger charge is -2.40. The van der Waals surface area contributed by atoms with Gasteiger partial charge in [0.1, 0.15) is 17.5 Å². The van der Waals surface area contributed by atoms with Crippen LogP contribution in [-0.4, -0.2) is 76.3 Å². The van der Waals surface area contributed by atoms with Gasteiger partial charge in [-0.15, -0.1) is 0 Å². The Bertz CT molecular complexity index is 1050. The zero-order chi connectivity index (χ0) is 26.6. The molecule has 1 amide bonds. The molecule has 202 valence electrons. The van der Waals surface area contributed by atoms with Gasteiger partial charge in [0, 0.05) is 70.5 Å². The normalized spacial score (nSPS) is 19.7.